The highest BCUT2D eigenvalue weighted by atomic mass is 32.2. The summed E-state index contributed by atoms with van der Waals surface area (Å²) in [6.45, 7) is 1.78. The van der Waals surface area contributed by atoms with E-state index in [1.54, 1.807) is 29.2 Å². The molecule has 27 heavy (non-hydrogen) atoms. The number of carbonyl (C=O) groups excluding carboxylic acids is 1. The van der Waals surface area contributed by atoms with E-state index >= 15 is 0 Å². The summed E-state index contributed by atoms with van der Waals surface area (Å²) in [5.74, 6) is 0.452. The number of hydrogen-bond donors (Lipinski definition) is 1. The van der Waals surface area contributed by atoms with Gasteiger partial charge in [-0.15, -0.1) is 0 Å². The SMILES string of the molecule is N#CC(=Cc1ccc(-c2ccc(S(N)(=O)=O)cc2)o1)C(=O)N1CCOCC1. The maximum absolute atomic E-state index is 12.4. The van der Waals surface area contributed by atoms with Crippen molar-refractivity contribution in [3.8, 4) is 17.4 Å². The van der Waals surface area contributed by atoms with Gasteiger partial charge >= 0.3 is 0 Å². The molecule has 1 aliphatic heterocycles. The second-order valence-electron chi connectivity index (χ2n) is 5.85. The number of sulfonamides is 1. The molecule has 0 atom stereocenters. The number of morpholine rings is 1. The molecule has 0 bridgehead atoms. The summed E-state index contributed by atoms with van der Waals surface area (Å²) in [5.41, 5.74) is 0.613. The molecule has 1 aliphatic rings. The number of furan rings is 1. The van der Waals surface area contributed by atoms with Crippen LogP contribution >= 0.6 is 0 Å². The number of benzene rings is 1. The lowest BCUT2D eigenvalue weighted by atomic mass is 10.2. The maximum Gasteiger partial charge on any atom is 0.264 e. The minimum atomic E-state index is -3.76. The number of amides is 1. The number of carbonyl (C=O) groups is 1. The van der Waals surface area contributed by atoms with Gasteiger partial charge in [0.15, 0.2) is 0 Å². The molecule has 1 aromatic heterocycles. The lowest BCUT2D eigenvalue weighted by molar-refractivity contribution is -0.130. The molecular formula is C18H17N3O5S. The van der Waals surface area contributed by atoms with E-state index in [2.05, 4.69) is 0 Å². The first kappa shape index (κ1) is 18.8. The fraction of sp³-hybridized carbons (Fsp3) is 0.222. The third kappa shape index (κ3) is 4.43. The van der Waals surface area contributed by atoms with Crippen molar-refractivity contribution in [2.24, 2.45) is 5.14 Å². The molecule has 2 heterocycles. The van der Waals surface area contributed by atoms with Crippen LogP contribution in [0.2, 0.25) is 0 Å². The summed E-state index contributed by atoms with van der Waals surface area (Å²) in [4.78, 5) is 14.0. The standard InChI is InChI=1S/C18H17N3O5S/c19-12-14(18(22)21-7-9-25-10-8-21)11-15-3-6-17(26-15)13-1-4-16(5-2-13)27(20,23)24/h1-6,11H,7-10H2,(H2,20,23,24). The minimum Gasteiger partial charge on any atom is -0.457 e. The van der Waals surface area contributed by atoms with Gasteiger partial charge in [0.2, 0.25) is 10.0 Å². The van der Waals surface area contributed by atoms with Gasteiger partial charge in [-0.1, -0.05) is 0 Å². The average Bonchev–Trinajstić information content (AvgIpc) is 3.14. The number of nitrogens with two attached hydrogens (primary N) is 1. The minimum absolute atomic E-state index is 0.000741. The highest BCUT2D eigenvalue weighted by molar-refractivity contribution is 7.89. The summed E-state index contributed by atoms with van der Waals surface area (Å²) < 4.78 is 33.5. The second kappa shape index (κ2) is 7.75. The van der Waals surface area contributed by atoms with Gasteiger partial charge in [-0.25, -0.2) is 13.6 Å². The Bertz CT molecular complexity index is 1010. The van der Waals surface area contributed by atoms with Crippen LogP contribution < -0.4 is 5.14 Å². The van der Waals surface area contributed by atoms with Gasteiger partial charge in [-0.2, -0.15) is 5.26 Å². The van der Waals surface area contributed by atoms with E-state index in [0.29, 0.717) is 43.4 Å². The van der Waals surface area contributed by atoms with Crippen LogP contribution in [0, 0.1) is 11.3 Å². The topological polar surface area (TPSA) is 127 Å². The van der Waals surface area contributed by atoms with Crippen molar-refractivity contribution >= 4 is 22.0 Å². The monoisotopic (exact) mass is 387 g/mol. The fourth-order valence-electron chi connectivity index (χ4n) is 2.62. The Hall–Kier alpha value is -2.93. The number of hydrogen-bond acceptors (Lipinski definition) is 6. The van der Waals surface area contributed by atoms with Crippen LogP contribution in [0.4, 0.5) is 0 Å². The molecule has 140 valence electrons. The predicted octanol–water partition coefficient (Wildman–Crippen LogP) is 1.36. The van der Waals surface area contributed by atoms with Crippen molar-refractivity contribution in [1.82, 2.24) is 4.90 Å². The van der Waals surface area contributed by atoms with Gasteiger partial charge in [0.25, 0.3) is 5.91 Å². The van der Waals surface area contributed by atoms with Crippen molar-refractivity contribution in [2.45, 2.75) is 4.90 Å². The molecule has 1 saturated heterocycles. The van der Waals surface area contributed by atoms with E-state index < -0.39 is 10.0 Å². The fourth-order valence-corrected chi connectivity index (χ4v) is 3.13. The van der Waals surface area contributed by atoms with Crippen molar-refractivity contribution in [2.75, 3.05) is 26.3 Å². The Labute approximate surface area is 156 Å². The van der Waals surface area contributed by atoms with Crippen LogP contribution in [0.3, 0.4) is 0 Å². The Morgan fingerprint density at radius 3 is 2.41 bits per heavy atom. The Morgan fingerprint density at radius 2 is 1.81 bits per heavy atom. The molecule has 2 aromatic rings. The van der Waals surface area contributed by atoms with Gasteiger partial charge in [0.05, 0.1) is 18.1 Å². The largest absolute Gasteiger partial charge is 0.457 e. The van der Waals surface area contributed by atoms with Crippen LogP contribution in [0.25, 0.3) is 17.4 Å². The quantitative estimate of drug-likeness (QED) is 0.623. The summed E-state index contributed by atoms with van der Waals surface area (Å²) in [6.07, 6.45) is 1.39. The summed E-state index contributed by atoms with van der Waals surface area (Å²) in [6, 6.07) is 11.1. The smallest absolute Gasteiger partial charge is 0.264 e. The highest BCUT2D eigenvalue weighted by Gasteiger charge is 2.21. The summed E-state index contributed by atoms with van der Waals surface area (Å²) in [7, 11) is -3.76. The molecule has 0 unspecified atom stereocenters. The molecule has 0 aliphatic carbocycles. The zero-order valence-corrected chi connectivity index (χ0v) is 15.1. The number of ether oxygens (including phenoxy) is 1. The highest BCUT2D eigenvalue weighted by Crippen LogP contribution is 2.24. The lowest BCUT2D eigenvalue weighted by Crippen LogP contribution is -2.41. The Balaban J connectivity index is 1.81. The average molecular weight is 387 g/mol. The van der Waals surface area contributed by atoms with E-state index in [4.69, 9.17) is 14.3 Å². The van der Waals surface area contributed by atoms with Crippen molar-refractivity contribution in [3.05, 3.63) is 47.7 Å². The maximum atomic E-state index is 12.4. The first-order valence-electron chi connectivity index (χ1n) is 8.10. The van der Waals surface area contributed by atoms with Gasteiger partial charge in [0.1, 0.15) is 23.2 Å². The number of rotatable bonds is 4. The van der Waals surface area contributed by atoms with Crippen LogP contribution in [0.5, 0.6) is 0 Å². The molecule has 3 rings (SSSR count). The van der Waals surface area contributed by atoms with E-state index in [1.807, 2.05) is 6.07 Å². The van der Waals surface area contributed by atoms with Crippen molar-refractivity contribution in [1.29, 1.82) is 5.26 Å². The molecule has 9 heteroatoms. The number of nitriles is 1. The summed E-state index contributed by atoms with van der Waals surface area (Å²) in [5, 5.41) is 14.4. The molecule has 2 N–H and O–H groups in total. The third-order valence-electron chi connectivity index (χ3n) is 4.03. The van der Waals surface area contributed by atoms with Crippen LogP contribution in [-0.2, 0) is 19.6 Å². The van der Waals surface area contributed by atoms with Crippen LogP contribution in [0.15, 0.2) is 51.3 Å². The normalized spacial score (nSPS) is 15.4. The van der Waals surface area contributed by atoms with Crippen molar-refractivity contribution < 1.29 is 22.4 Å². The predicted molar refractivity (Wildman–Crippen MR) is 96.5 cm³/mol. The Kier molecular flexibility index (Phi) is 5.41. The van der Waals surface area contributed by atoms with Gasteiger partial charge in [-0.05, 0) is 36.4 Å². The Morgan fingerprint density at radius 1 is 1.15 bits per heavy atom. The number of nitrogens with zero attached hydrogens (tertiary/aromatic N) is 2. The van der Waals surface area contributed by atoms with E-state index in [1.165, 1.54) is 18.2 Å². The van der Waals surface area contributed by atoms with E-state index in [9.17, 15) is 18.5 Å². The number of primary sulfonamides is 1. The van der Waals surface area contributed by atoms with E-state index in [-0.39, 0.29) is 16.4 Å². The lowest BCUT2D eigenvalue weighted by Gasteiger charge is -2.26. The molecule has 0 spiro atoms. The van der Waals surface area contributed by atoms with Crippen LogP contribution in [0.1, 0.15) is 5.76 Å². The summed E-state index contributed by atoms with van der Waals surface area (Å²) >= 11 is 0. The zero-order chi connectivity index (χ0) is 19.4. The third-order valence-corrected chi connectivity index (χ3v) is 4.96. The molecule has 1 fully saturated rings. The second-order valence-corrected chi connectivity index (χ2v) is 7.41. The zero-order valence-electron chi connectivity index (χ0n) is 14.3. The van der Waals surface area contributed by atoms with Crippen molar-refractivity contribution in [3.63, 3.8) is 0 Å². The van der Waals surface area contributed by atoms with Gasteiger partial charge in [-0.3, -0.25) is 4.79 Å². The van der Waals surface area contributed by atoms with Gasteiger partial charge in [0, 0.05) is 24.7 Å². The van der Waals surface area contributed by atoms with E-state index in [0.717, 1.165) is 0 Å². The molecule has 1 aromatic carbocycles. The first-order chi connectivity index (χ1) is 12.9. The molecule has 1 amide bonds. The van der Waals surface area contributed by atoms with Gasteiger partial charge < -0.3 is 14.1 Å². The van der Waals surface area contributed by atoms with Crippen LogP contribution in [-0.4, -0.2) is 45.5 Å². The molecule has 0 saturated carbocycles. The molecule has 8 nitrogen and oxygen atoms in total. The first-order valence-corrected chi connectivity index (χ1v) is 9.65. The molecular weight excluding hydrogens is 370 g/mol. The molecule has 0 radical (unpaired) electrons.